The van der Waals surface area contributed by atoms with Crippen molar-refractivity contribution in [2.45, 2.75) is 20.4 Å². The molecule has 2 heterocycles. The van der Waals surface area contributed by atoms with Crippen LogP contribution >= 0.6 is 27.3 Å². The van der Waals surface area contributed by atoms with Crippen LogP contribution in [-0.4, -0.2) is 52.8 Å². The maximum absolute atomic E-state index is 12.2. The first kappa shape index (κ1) is 17.1. The number of thiophene rings is 1. The van der Waals surface area contributed by atoms with E-state index in [9.17, 15) is 14.4 Å². The summed E-state index contributed by atoms with van der Waals surface area (Å²) < 4.78 is 1.03. The molecule has 0 N–H and O–H groups in total. The van der Waals surface area contributed by atoms with E-state index in [1.807, 2.05) is 37.2 Å². The molecule has 0 aliphatic carbocycles. The molecule has 6 nitrogen and oxygen atoms in total. The Labute approximate surface area is 141 Å². The molecule has 2 rings (SSSR count). The van der Waals surface area contributed by atoms with Crippen LogP contribution in [0, 0.1) is 5.92 Å². The molecule has 4 amide bonds. The van der Waals surface area contributed by atoms with Crippen LogP contribution in [0.3, 0.4) is 0 Å². The number of carbonyl (C=O) groups is 3. The van der Waals surface area contributed by atoms with Crippen molar-refractivity contribution in [3.05, 3.63) is 20.8 Å². The summed E-state index contributed by atoms with van der Waals surface area (Å²) in [6, 6.07) is 1.47. The van der Waals surface area contributed by atoms with Crippen LogP contribution < -0.4 is 0 Å². The highest BCUT2D eigenvalue weighted by Gasteiger charge is 2.44. The summed E-state index contributed by atoms with van der Waals surface area (Å²) in [5, 5.41) is 2.00. The summed E-state index contributed by atoms with van der Waals surface area (Å²) in [5.74, 6) is -1.35. The first-order chi connectivity index (χ1) is 10.3. The first-order valence-electron chi connectivity index (χ1n) is 6.88. The van der Waals surface area contributed by atoms with E-state index in [0.717, 1.165) is 19.1 Å². The maximum Gasteiger partial charge on any atom is 0.335 e. The number of rotatable bonds is 6. The largest absolute Gasteiger partial charge is 0.335 e. The number of nitrogens with zero attached hydrogens (tertiary/aromatic N) is 3. The fourth-order valence-corrected chi connectivity index (χ4v) is 3.43. The van der Waals surface area contributed by atoms with E-state index < -0.39 is 17.8 Å². The van der Waals surface area contributed by atoms with Crippen LogP contribution in [0.4, 0.5) is 4.79 Å². The number of amides is 4. The molecular formula is C14H18BrN3O3S. The van der Waals surface area contributed by atoms with Gasteiger partial charge in [0.15, 0.2) is 0 Å². The Bertz CT molecular complexity index is 602. The van der Waals surface area contributed by atoms with Gasteiger partial charge in [0.25, 0.3) is 0 Å². The van der Waals surface area contributed by atoms with Crippen molar-refractivity contribution in [2.24, 2.45) is 5.92 Å². The fourth-order valence-electron chi connectivity index (χ4n) is 2.23. The predicted octanol–water partition coefficient (Wildman–Crippen LogP) is 2.35. The lowest BCUT2D eigenvalue weighted by molar-refractivity contribution is -0.144. The Morgan fingerprint density at radius 3 is 2.41 bits per heavy atom. The van der Waals surface area contributed by atoms with Crippen LogP contribution in [0.25, 0.3) is 0 Å². The van der Waals surface area contributed by atoms with Crippen LogP contribution in [0.15, 0.2) is 15.2 Å². The van der Waals surface area contributed by atoms with Gasteiger partial charge in [-0.1, -0.05) is 13.8 Å². The van der Waals surface area contributed by atoms with Gasteiger partial charge in [-0.3, -0.25) is 19.4 Å². The van der Waals surface area contributed by atoms with Gasteiger partial charge < -0.3 is 0 Å². The Hall–Kier alpha value is -1.25. The van der Waals surface area contributed by atoms with Gasteiger partial charge >= 0.3 is 17.8 Å². The third kappa shape index (κ3) is 3.74. The van der Waals surface area contributed by atoms with Crippen LogP contribution in [0.1, 0.15) is 19.4 Å². The van der Waals surface area contributed by atoms with Gasteiger partial charge in [-0.2, -0.15) is 0 Å². The zero-order valence-electron chi connectivity index (χ0n) is 12.7. The van der Waals surface area contributed by atoms with Gasteiger partial charge in [0.1, 0.15) is 0 Å². The standard InChI is InChI=1S/C14H18BrN3O3S/c1-9(2)5-17-12(19)13(20)18(14(17)21)8-16(3)6-10-4-11(15)22-7-10/h4,7,9H,5-6,8H2,1-3H3. The van der Waals surface area contributed by atoms with Gasteiger partial charge in [-0.05, 0) is 45.9 Å². The van der Waals surface area contributed by atoms with Crippen molar-refractivity contribution in [1.82, 2.24) is 14.7 Å². The Morgan fingerprint density at radius 2 is 1.86 bits per heavy atom. The second-order valence-electron chi connectivity index (χ2n) is 5.74. The SMILES string of the molecule is CC(C)CN1C(=O)C(=O)N(CN(C)Cc2csc(Br)c2)C1=O. The van der Waals surface area contributed by atoms with Gasteiger partial charge in [0, 0.05) is 13.1 Å². The second-order valence-corrected chi connectivity index (χ2v) is 8.03. The molecule has 0 saturated carbocycles. The maximum atomic E-state index is 12.2. The second kappa shape index (κ2) is 6.89. The Balaban J connectivity index is 2.01. The highest BCUT2D eigenvalue weighted by molar-refractivity contribution is 9.11. The minimum Gasteiger partial charge on any atom is -0.284 e. The quantitative estimate of drug-likeness (QED) is 0.555. The highest BCUT2D eigenvalue weighted by atomic mass is 79.9. The van der Waals surface area contributed by atoms with E-state index in [2.05, 4.69) is 15.9 Å². The zero-order chi connectivity index (χ0) is 16.4. The summed E-state index contributed by atoms with van der Waals surface area (Å²) in [7, 11) is 1.81. The topological polar surface area (TPSA) is 60.9 Å². The van der Waals surface area contributed by atoms with Gasteiger partial charge in [-0.25, -0.2) is 9.69 Å². The lowest BCUT2D eigenvalue weighted by Crippen LogP contribution is -2.41. The molecule has 22 heavy (non-hydrogen) atoms. The molecule has 0 aromatic carbocycles. The smallest absolute Gasteiger partial charge is 0.284 e. The van der Waals surface area contributed by atoms with Crippen molar-refractivity contribution >= 4 is 45.1 Å². The summed E-state index contributed by atoms with van der Waals surface area (Å²) in [6.45, 7) is 4.76. The highest BCUT2D eigenvalue weighted by Crippen LogP contribution is 2.22. The molecule has 8 heteroatoms. The lowest BCUT2D eigenvalue weighted by atomic mass is 10.2. The van der Waals surface area contributed by atoms with Crippen molar-refractivity contribution in [3.8, 4) is 0 Å². The predicted molar refractivity (Wildman–Crippen MR) is 87.1 cm³/mol. The Morgan fingerprint density at radius 1 is 1.23 bits per heavy atom. The van der Waals surface area contributed by atoms with Crippen LogP contribution in [0.5, 0.6) is 0 Å². The summed E-state index contributed by atoms with van der Waals surface area (Å²) in [4.78, 5) is 40.0. The van der Waals surface area contributed by atoms with Crippen molar-refractivity contribution in [3.63, 3.8) is 0 Å². The van der Waals surface area contributed by atoms with Crippen molar-refractivity contribution in [2.75, 3.05) is 20.3 Å². The molecule has 0 atom stereocenters. The molecule has 120 valence electrons. The van der Waals surface area contributed by atoms with E-state index in [0.29, 0.717) is 6.54 Å². The number of urea groups is 1. The number of hydrogen-bond donors (Lipinski definition) is 0. The van der Waals surface area contributed by atoms with E-state index in [4.69, 9.17) is 0 Å². The Kier molecular flexibility index (Phi) is 5.36. The molecule has 1 fully saturated rings. The molecule has 0 spiro atoms. The van der Waals surface area contributed by atoms with Gasteiger partial charge in [0.05, 0.1) is 10.5 Å². The van der Waals surface area contributed by atoms with Crippen LogP contribution in [0.2, 0.25) is 0 Å². The van der Waals surface area contributed by atoms with Crippen LogP contribution in [-0.2, 0) is 16.1 Å². The normalized spacial score (nSPS) is 15.8. The van der Waals surface area contributed by atoms with E-state index in [1.54, 1.807) is 11.3 Å². The average molecular weight is 388 g/mol. The van der Waals surface area contributed by atoms with Crippen molar-refractivity contribution < 1.29 is 14.4 Å². The van der Waals surface area contributed by atoms with E-state index in [-0.39, 0.29) is 19.1 Å². The number of halogens is 1. The molecule has 1 saturated heterocycles. The molecule has 1 aromatic heterocycles. The summed E-state index contributed by atoms with van der Waals surface area (Å²) in [6.07, 6.45) is 0. The monoisotopic (exact) mass is 387 g/mol. The minimum atomic E-state index is -0.746. The average Bonchev–Trinajstić information content (AvgIpc) is 2.91. The summed E-state index contributed by atoms with van der Waals surface area (Å²) >= 11 is 4.98. The first-order valence-corrected chi connectivity index (χ1v) is 8.55. The fraction of sp³-hybridized carbons (Fsp3) is 0.500. The number of carbonyl (C=O) groups excluding carboxylic acids is 3. The molecule has 0 radical (unpaired) electrons. The third-order valence-electron chi connectivity index (χ3n) is 3.14. The minimum absolute atomic E-state index is 0.103. The van der Waals surface area contributed by atoms with Gasteiger partial charge in [0.2, 0.25) is 0 Å². The molecule has 1 aromatic rings. The molecule has 0 unspecified atom stereocenters. The van der Waals surface area contributed by atoms with Gasteiger partial charge in [-0.15, -0.1) is 11.3 Å². The molecule has 1 aliphatic rings. The van der Waals surface area contributed by atoms with Crippen molar-refractivity contribution in [1.29, 1.82) is 0 Å². The number of imide groups is 2. The lowest BCUT2D eigenvalue weighted by Gasteiger charge is -2.22. The molecule has 1 aliphatic heterocycles. The summed E-state index contributed by atoms with van der Waals surface area (Å²) in [5.41, 5.74) is 1.09. The molecule has 0 bridgehead atoms. The zero-order valence-corrected chi connectivity index (χ0v) is 15.1. The number of hydrogen-bond acceptors (Lipinski definition) is 5. The molecular weight excluding hydrogens is 370 g/mol. The van der Waals surface area contributed by atoms with E-state index >= 15 is 0 Å². The third-order valence-corrected chi connectivity index (χ3v) is 4.69. The van der Waals surface area contributed by atoms with E-state index in [1.165, 1.54) is 0 Å².